The van der Waals surface area contributed by atoms with Crippen molar-refractivity contribution in [2.45, 2.75) is 39.2 Å². The minimum absolute atomic E-state index is 0.0730. The third kappa shape index (κ3) is 1.57. The Kier molecular flexibility index (Phi) is 1.95. The highest BCUT2D eigenvalue weighted by Gasteiger charge is 2.26. The number of aromatic hydroxyl groups is 1. The van der Waals surface area contributed by atoms with Gasteiger partial charge < -0.3 is 9.84 Å². The predicted octanol–water partition coefficient (Wildman–Crippen LogP) is 2.80. The van der Waals surface area contributed by atoms with Crippen LogP contribution < -0.4 is 4.74 Å². The van der Waals surface area contributed by atoms with E-state index in [9.17, 15) is 5.11 Å². The van der Waals surface area contributed by atoms with Crippen molar-refractivity contribution in [3.8, 4) is 11.5 Å². The van der Waals surface area contributed by atoms with Crippen LogP contribution in [0.3, 0.4) is 0 Å². The third-order valence-electron chi connectivity index (χ3n) is 2.76. The summed E-state index contributed by atoms with van der Waals surface area (Å²) < 4.78 is 5.84. The number of rotatable bonds is 0. The Morgan fingerprint density at radius 3 is 2.79 bits per heavy atom. The lowest BCUT2D eigenvalue weighted by Gasteiger charge is -2.32. The molecule has 1 aromatic rings. The van der Waals surface area contributed by atoms with Crippen molar-refractivity contribution < 1.29 is 9.84 Å². The van der Waals surface area contributed by atoms with Crippen LogP contribution >= 0.6 is 0 Å². The number of hydrogen-bond acceptors (Lipinski definition) is 2. The Bertz CT molecular complexity index is 367. The molecule has 0 saturated carbocycles. The van der Waals surface area contributed by atoms with Gasteiger partial charge >= 0.3 is 0 Å². The highest BCUT2D eigenvalue weighted by Crippen LogP contribution is 2.36. The molecule has 0 unspecified atom stereocenters. The molecule has 1 aliphatic rings. The molecule has 1 N–H and O–H groups in total. The lowest BCUT2D eigenvalue weighted by atomic mass is 9.93. The molecule has 0 atom stereocenters. The molecular formula is C12H16O2. The van der Waals surface area contributed by atoms with Crippen molar-refractivity contribution in [1.82, 2.24) is 0 Å². The molecule has 14 heavy (non-hydrogen) atoms. The van der Waals surface area contributed by atoms with Gasteiger partial charge in [-0.1, -0.05) is 0 Å². The first-order valence-corrected chi connectivity index (χ1v) is 4.99. The van der Waals surface area contributed by atoms with E-state index in [1.807, 2.05) is 19.1 Å². The van der Waals surface area contributed by atoms with Crippen LogP contribution in [0.2, 0.25) is 0 Å². The quantitative estimate of drug-likeness (QED) is 0.685. The maximum atomic E-state index is 9.55. The fourth-order valence-electron chi connectivity index (χ4n) is 1.79. The number of phenols is 1. The van der Waals surface area contributed by atoms with Crippen LogP contribution in [0.4, 0.5) is 0 Å². The SMILES string of the molecule is Cc1cc2c(cc1O)CCC(C)(C)O2. The van der Waals surface area contributed by atoms with Gasteiger partial charge in [0.1, 0.15) is 17.1 Å². The Morgan fingerprint density at radius 1 is 1.36 bits per heavy atom. The molecular weight excluding hydrogens is 176 g/mol. The van der Waals surface area contributed by atoms with E-state index in [1.54, 1.807) is 0 Å². The maximum absolute atomic E-state index is 9.55. The molecule has 0 fully saturated rings. The van der Waals surface area contributed by atoms with Gasteiger partial charge in [-0.05, 0) is 56.9 Å². The molecule has 0 bridgehead atoms. The molecule has 0 aliphatic carbocycles. The molecule has 2 heteroatoms. The standard InChI is InChI=1S/C12H16O2/c1-8-6-11-9(7-10(8)13)4-5-12(2,3)14-11/h6-7,13H,4-5H2,1-3H3. The number of ether oxygens (including phenoxy) is 1. The topological polar surface area (TPSA) is 29.5 Å². The number of aryl methyl sites for hydroxylation is 2. The van der Waals surface area contributed by atoms with Gasteiger partial charge in [0.15, 0.2) is 0 Å². The molecule has 2 nitrogen and oxygen atoms in total. The zero-order chi connectivity index (χ0) is 10.3. The fourth-order valence-corrected chi connectivity index (χ4v) is 1.79. The summed E-state index contributed by atoms with van der Waals surface area (Å²) in [5, 5.41) is 9.55. The summed E-state index contributed by atoms with van der Waals surface area (Å²) in [5.74, 6) is 1.30. The van der Waals surface area contributed by atoms with Crippen LogP contribution in [0.25, 0.3) is 0 Å². The number of benzene rings is 1. The van der Waals surface area contributed by atoms with E-state index in [0.29, 0.717) is 5.75 Å². The smallest absolute Gasteiger partial charge is 0.123 e. The molecule has 76 valence electrons. The molecule has 0 aromatic heterocycles. The molecule has 0 radical (unpaired) electrons. The first kappa shape index (κ1) is 9.38. The second-order valence-corrected chi connectivity index (χ2v) is 4.61. The largest absolute Gasteiger partial charge is 0.508 e. The summed E-state index contributed by atoms with van der Waals surface area (Å²) in [6.07, 6.45) is 1.98. The van der Waals surface area contributed by atoms with Crippen molar-refractivity contribution in [3.63, 3.8) is 0 Å². The predicted molar refractivity (Wildman–Crippen MR) is 55.9 cm³/mol. The lowest BCUT2D eigenvalue weighted by Crippen LogP contribution is -2.32. The van der Waals surface area contributed by atoms with Crippen molar-refractivity contribution in [3.05, 3.63) is 23.3 Å². The van der Waals surface area contributed by atoms with E-state index >= 15 is 0 Å². The molecule has 1 aliphatic heterocycles. The van der Waals surface area contributed by atoms with E-state index in [1.165, 1.54) is 0 Å². The van der Waals surface area contributed by atoms with E-state index < -0.39 is 0 Å². The van der Waals surface area contributed by atoms with Gasteiger partial charge in [-0.15, -0.1) is 0 Å². The van der Waals surface area contributed by atoms with Gasteiger partial charge in [0.05, 0.1) is 0 Å². The third-order valence-corrected chi connectivity index (χ3v) is 2.76. The van der Waals surface area contributed by atoms with Crippen LogP contribution in [0, 0.1) is 6.92 Å². The van der Waals surface area contributed by atoms with E-state index in [2.05, 4.69) is 13.8 Å². The van der Waals surface area contributed by atoms with Crippen LogP contribution in [0.5, 0.6) is 11.5 Å². The van der Waals surface area contributed by atoms with Gasteiger partial charge in [-0.2, -0.15) is 0 Å². The van der Waals surface area contributed by atoms with Gasteiger partial charge in [-0.25, -0.2) is 0 Å². The van der Waals surface area contributed by atoms with Crippen molar-refractivity contribution in [2.24, 2.45) is 0 Å². The second-order valence-electron chi connectivity index (χ2n) is 4.61. The molecule has 0 saturated heterocycles. The lowest BCUT2D eigenvalue weighted by molar-refractivity contribution is 0.0844. The fraction of sp³-hybridized carbons (Fsp3) is 0.500. The Labute approximate surface area is 84.5 Å². The van der Waals surface area contributed by atoms with Crippen LogP contribution in [-0.4, -0.2) is 10.7 Å². The zero-order valence-corrected chi connectivity index (χ0v) is 8.92. The van der Waals surface area contributed by atoms with E-state index in [-0.39, 0.29) is 5.60 Å². The first-order valence-electron chi connectivity index (χ1n) is 4.99. The molecule has 2 rings (SSSR count). The minimum Gasteiger partial charge on any atom is -0.508 e. The summed E-state index contributed by atoms with van der Waals surface area (Å²) >= 11 is 0. The van der Waals surface area contributed by atoms with Gasteiger partial charge in [0.25, 0.3) is 0 Å². The summed E-state index contributed by atoms with van der Waals surface area (Å²) in [5.41, 5.74) is 1.92. The number of phenolic OH excluding ortho intramolecular Hbond substituents is 1. The molecule has 0 spiro atoms. The molecule has 1 aromatic carbocycles. The van der Waals surface area contributed by atoms with E-state index in [0.717, 1.165) is 29.7 Å². The van der Waals surface area contributed by atoms with Crippen LogP contribution in [-0.2, 0) is 6.42 Å². The monoisotopic (exact) mass is 192 g/mol. The van der Waals surface area contributed by atoms with Crippen LogP contribution in [0.1, 0.15) is 31.4 Å². The Balaban J connectivity index is 2.43. The van der Waals surface area contributed by atoms with Gasteiger partial charge in [-0.3, -0.25) is 0 Å². The zero-order valence-electron chi connectivity index (χ0n) is 8.92. The summed E-state index contributed by atoms with van der Waals surface area (Å²) in [7, 11) is 0. The number of hydrogen-bond donors (Lipinski definition) is 1. The highest BCUT2D eigenvalue weighted by molar-refractivity contribution is 5.46. The Hall–Kier alpha value is -1.18. The van der Waals surface area contributed by atoms with Crippen molar-refractivity contribution in [2.75, 3.05) is 0 Å². The first-order chi connectivity index (χ1) is 6.48. The average molecular weight is 192 g/mol. The summed E-state index contributed by atoms with van der Waals surface area (Å²) in [6.45, 7) is 6.08. The summed E-state index contributed by atoms with van der Waals surface area (Å²) in [4.78, 5) is 0. The number of fused-ring (bicyclic) bond motifs is 1. The molecule has 0 amide bonds. The average Bonchev–Trinajstić information content (AvgIpc) is 2.07. The normalized spacial score (nSPS) is 18.5. The maximum Gasteiger partial charge on any atom is 0.123 e. The Morgan fingerprint density at radius 2 is 2.07 bits per heavy atom. The van der Waals surface area contributed by atoms with Crippen molar-refractivity contribution >= 4 is 0 Å². The van der Waals surface area contributed by atoms with Crippen LogP contribution in [0.15, 0.2) is 12.1 Å². The van der Waals surface area contributed by atoms with E-state index in [4.69, 9.17) is 4.74 Å². The highest BCUT2D eigenvalue weighted by atomic mass is 16.5. The molecule has 1 heterocycles. The minimum atomic E-state index is -0.0730. The summed E-state index contributed by atoms with van der Waals surface area (Å²) in [6, 6.07) is 3.74. The van der Waals surface area contributed by atoms with Gasteiger partial charge in [0.2, 0.25) is 0 Å². The van der Waals surface area contributed by atoms with Crippen molar-refractivity contribution in [1.29, 1.82) is 0 Å². The van der Waals surface area contributed by atoms with Gasteiger partial charge in [0, 0.05) is 0 Å². The second kappa shape index (κ2) is 2.91.